The summed E-state index contributed by atoms with van der Waals surface area (Å²) in [4.78, 5) is 20.1. The largest absolute Gasteiger partial charge is 0.394 e. The van der Waals surface area contributed by atoms with Crippen molar-refractivity contribution in [2.45, 2.75) is 32.2 Å². The molecule has 22 heavy (non-hydrogen) atoms. The Morgan fingerprint density at radius 1 is 1.50 bits per heavy atom. The normalized spacial score (nSPS) is 22.0. The molecule has 0 bridgehead atoms. The first kappa shape index (κ1) is 15.6. The molecule has 6 heteroatoms. The van der Waals surface area contributed by atoms with Gasteiger partial charge in [-0.2, -0.15) is 0 Å². The van der Waals surface area contributed by atoms with E-state index in [-0.39, 0.29) is 18.6 Å². The number of piperidine rings is 1. The van der Waals surface area contributed by atoms with Gasteiger partial charge in [0.25, 0.3) is 0 Å². The topological polar surface area (TPSA) is 53.4 Å². The molecule has 4 nitrogen and oxygen atoms in total. The smallest absolute Gasteiger partial charge is 0.228 e. The maximum Gasteiger partial charge on any atom is 0.228 e. The first-order valence-electron chi connectivity index (χ1n) is 7.57. The van der Waals surface area contributed by atoms with E-state index in [0.717, 1.165) is 35.0 Å². The average molecular weight is 336 g/mol. The lowest BCUT2D eigenvalue weighted by atomic mass is 9.91. The number of aliphatic hydroxyl groups excluding tert-OH is 1. The van der Waals surface area contributed by atoms with Crippen LogP contribution in [0.4, 0.5) is 0 Å². The van der Waals surface area contributed by atoms with Crippen LogP contribution in [0.3, 0.4) is 0 Å². The summed E-state index contributed by atoms with van der Waals surface area (Å²) in [6.45, 7) is 2.90. The number of rotatable bonds is 4. The van der Waals surface area contributed by atoms with Gasteiger partial charge >= 0.3 is 0 Å². The van der Waals surface area contributed by atoms with Crippen molar-refractivity contribution < 1.29 is 9.90 Å². The van der Waals surface area contributed by atoms with E-state index in [9.17, 15) is 9.90 Å². The molecule has 0 saturated carbocycles. The van der Waals surface area contributed by atoms with Crippen LogP contribution < -0.4 is 0 Å². The standard InChI is InChI=1S/C16H20N2O2S2/c1-11-4-2-6-18(13(11)9-19)15(20)8-12-10-22-16(17-12)14-5-3-7-21-14/h3,5,7,10-11,13,19H,2,4,6,8-9H2,1H3. The minimum absolute atomic E-state index is 0.0448. The van der Waals surface area contributed by atoms with Crippen molar-refractivity contribution in [2.75, 3.05) is 13.2 Å². The second-order valence-corrected chi connectivity index (χ2v) is 7.56. The maximum atomic E-state index is 12.6. The first-order valence-corrected chi connectivity index (χ1v) is 9.33. The molecule has 2 atom stereocenters. The Kier molecular flexibility index (Phi) is 4.90. The number of nitrogens with zero attached hydrogens (tertiary/aromatic N) is 2. The zero-order valence-electron chi connectivity index (χ0n) is 12.6. The molecule has 1 fully saturated rings. The summed E-state index contributed by atoms with van der Waals surface area (Å²) in [6.07, 6.45) is 2.42. The van der Waals surface area contributed by atoms with Gasteiger partial charge in [-0.3, -0.25) is 4.79 Å². The van der Waals surface area contributed by atoms with E-state index < -0.39 is 0 Å². The number of thiazole rings is 1. The van der Waals surface area contributed by atoms with E-state index in [1.54, 1.807) is 22.7 Å². The molecule has 1 aliphatic heterocycles. The summed E-state index contributed by atoms with van der Waals surface area (Å²) in [5.41, 5.74) is 0.827. The van der Waals surface area contributed by atoms with E-state index >= 15 is 0 Å². The average Bonchev–Trinajstić information content (AvgIpc) is 3.17. The molecule has 1 aliphatic rings. The van der Waals surface area contributed by atoms with Gasteiger partial charge < -0.3 is 10.0 Å². The fourth-order valence-electron chi connectivity index (χ4n) is 3.00. The molecule has 0 radical (unpaired) electrons. The van der Waals surface area contributed by atoms with Gasteiger partial charge in [0.05, 0.1) is 29.6 Å². The van der Waals surface area contributed by atoms with Crippen LogP contribution in [0.25, 0.3) is 9.88 Å². The molecule has 118 valence electrons. The van der Waals surface area contributed by atoms with Gasteiger partial charge in [-0.1, -0.05) is 13.0 Å². The van der Waals surface area contributed by atoms with Crippen LogP contribution >= 0.6 is 22.7 Å². The van der Waals surface area contributed by atoms with Gasteiger partial charge in [-0.15, -0.1) is 22.7 Å². The Balaban J connectivity index is 1.69. The summed E-state index contributed by atoms with van der Waals surface area (Å²) < 4.78 is 0. The van der Waals surface area contributed by atoms with Gasteiger partial charge in [0.1, 0.15) is 5.01 Å². The van der Waals surface area contributed by atoms with Crippen molar-refractivity contribution in [2.24, 2.45) is 5.92 Å². The summed E-state index contributed by atoms with van der Waals surface area (Å²) in [5.74, 6) is 0.438. The van der Waals surface area contributed by atoms with Crippen molar-refractivity contribution >= 4 is 28.6 Å². The Labute approximate surface area is 138 Å². The Morgan fingerprint density at radius 3 is 3.09 bits per heavy atom. The van der Waals surface area contributed by atoms with Gasteiger partial charge in [0, 0.05) is 11.9 Å². The highest BCUT2D eigenvalue weighted by Crippen LogP contribution is 2.28. The van der Waals surface area contributed by atoms with Crippen LogP contribution in [-0.4, -0.2) is 40.1 Å². The Bertz CT molecular complexity index is 624. The molecule has 3 heterocycles. The highest BCUT2D eigenvalue weighted by molar-refractivity contribution is 7.20. The predicted molar refractivity (Wildman–Crippen MR) is 90.1 cm³/mol. The molecule has 1 saturated heterocycles. The highest BCUT2D eigenvalue weighted by atomic mass is 32.1. The van der Waals surface area contributed by atoms with Gasteiger partial charge in [-0.05, 0) is 30.2 Å². The molecule has 0 aliphatic carbocycles. The highest BCUT2D eigenvalue weighted by Gasteiger charge is 2.31. The van der Waals surface area contributed by atoms with Crippen LogP contribution in [0, 0.1) is 5.92 Å². The quantitative estimate of drug-likeness (QED) is 0.934. The lowest BCUT2D eigenvalue weighted by Crippen LogP contribution is -2.50. The van der Waals surface area contributed by atoms with Crippen molar-refractivity contribution in [1.82, 2.24) is 9.88 Å². The number of carbonyl (C=O) groups excluding carboxylic acids is 1. The van der Waals surface area contributed by atoms with Crippen LogP contribution in [0.1, 0.15) is 25.5 Å². The number of aliphatic hydroxyl groups is 1. The van der Waals surface area contributed by atoms with Gasteiger partial charge in [0.15, 0.2) is 0 Å². The molecule has 0 spiro atoms. The van der Waals surface area contributed by atoms with Gasteiger partial charge in [-0.25, -0.2) is 4.98 Å². The van der Waals surface area contributed by atoms with E-state index in [1.165, 1.54) is 0 Å². The summed E-state index contributed by atoms with van der Waals surface area (Å²) in [6, 6.07) is 4.01. The number of likely N-dealkylation sites (tertiary alicyclic amines) is 1. The molecule has 1 N–H and O–H groups in total. The van der Waals surface area contributed by atoms with Gasteiger partial charge in [0.2, 0.25) is 5.91 Å². The van der Waals surface area contributed by atoms with E-state index in [0.29, 0.717) is 12.3 Å². The van der Waals surface area contributed by atoms with E-state index in [1.807, 2.05) is 27.8 Å². The fraction of sp³-hybridized carbons (Fsp3) is 0.500. The van der Waals surface area contributed by atoms with E-state index in [2.05, 4.69) is 11.9 Å². The molecule has 0 aromatic carbocycles. The second-order valence-electron chi connectivity index (χ2n) is 5.75. The van der Waals surface area contributed by atoms with E-state index in [4.69, 9.17) is 0 Å². The molecule has 2 aromatic heterocycles. The molecule has 2 aromatic rings. The summed E-state index contributed by atoms with van der Waals surface area (Å²) in [5, 5.41) is 14.5. The molecular formula is C16H20N2O2S2. The fourth-order valence-corrected chi connectivity index (χ4v) is 4.63. The summed E-state index contributed by atoms with van der Waals surface area (Å²) >= 11 is 3.24. The SMILES string of the molecule is CC1CCCN(C(=O)Cc2csc(-c3cccs3)n2)C1CO. The predicted octanol–water partition coefficient (Wildman–Crippen LogP) is 3.03. The van der Waals surface area contributed by atoms with Crippen LogP contribution in [-0.2, 0) is 11.2 Å². The number of hydrogen-bond acceptors (Lipinski definition) is 5. The number of aromatic nitrogens is 1. The zero-order chi connectivity index (χ0) is 15.5. The third-order valence-electron chi connectivity index (χ3n) is 4.24. The zero-order valence-corrected chi connectivity index (χ0v) is 14.2. The second kappa shape index (κ2) is 6.89. The van der Waals surface area contributed by atoms with Crippen molar-refractivity contribution in [3.63, 3.8) is 0 Å². The number of hydrogen-bond donors (Lipinski definition) is 1. The minimum atomic E-state index is -0.0448. The lowest BCUT2D eigenvalue weighted by Gasteiger charge is -2.39. The van der Waals surface area contributed by atoms with Crippen molar-refractivity contribution in [3.05, 3.63) is 28.6 Å². The Morgan fingerprint density at radius 2 is 2.36 bits per heavy atom. The molecule has 2 unspecified atom stereocenters. The Hall–Kier alpha value is -1.24. The monoisotopic (exact) mass is 336 g/mol. The number of amides is 1. The van der Waals surface area contributed by atoms with Crippen molar-refractivity contribution in [1.29, 1.82) is 0 Å². The third-order valence-corrected chi connectivity index (χ3v) is 6.17. The minimum Gasteiger partial charge on any atom is -0.394 e. The first-order chi connectivity index (χ1) is 10.7. The molecule has 1 amide bonds. The van der Waals surface area contributed by atoms with Crippen LogP contribution in [0.5, 0.6) is 0 Å². The third kappa shape index (κ3) is 3.24. The number of carbonyl (C=O) groups is 1. The molecule has 3 rings (SSSR count). The maximum absolute atomic E-state index is 12.6. The summed E-state index contributed by atoms with van der Waals surface area (Å²) in [7, 11) is 0. The molecular weight excluding hydrogens is 316 g/mol. The van der Waals surface area contributed by atoms with Crippen LogP contribution in [0.15, 0.2) is 22.9 Å². The lowest BCUT2D eigenvalue weighted by molar-refractivity contribution is -0.136. The van der Waals surface area contributed by atoms with Crippen LogP contribution in [0.2, 0.25) is 0 Å². The number of thiophene rings is 1. The van der Waals surface area contributed by atoms with Crippen molar-refractivity contribution in [3.8, 4) is 9.88 Å².